The Balaban J connectivity index is 3.34. The van der Waals surface area contributed by atoms with Crippen molar-refractivity contribution in [3.05, 3.63) is 18.2 Å². The van der Waals surface area contributed by atoms with E-state index in [1.165, 1.54) is 12.5 Å². The molecule has 19 nitrogen and oxygen atoms in total. The van der Waals surface area contributed by atoms with Crippen molar-refractivity contribution in [1.82, 2.24) is 36.6 Å². The van der Waals surface area contributed by atoms with E-state index >= 15 is 0 Å². The molecule has 0 unspecified atom stereocenters. The van der Waals surface area contributed by atoms with Gasteiger partial charge in [-0.05, 0) is 49.9 Å². The van der Waals surface area contributed by atoms with Crippen LogP contribution in [0.25, 0.3) is 0 Å². The van der Waals surface area contributed by atoms with Gasteiger partial charge in [-0.25, -0.2) is 9.78 Å². The summed E-state index contributed by atoms with van der Waals surface area (Å²) < 4.78 is 0. The zero-order valence-corrected chi connectivity index (χ0v) is 31.0. The molecule has 0 bridgehead atoms. The van der Waals surface area contributed by atoms with Crippen molar-refractivity contribution < 1.29 is 39.0 Å². The number of rotatable bonds is 24. The number of carboxylic acid groups (broad SMARTS) is 1. The summed E-state index contributed by atoms with van der Waals surface area (Å²) >= 11 is 0. The van der Waals surface area contributed by atoms with Gasteiger partial charge in [-0.1, -0.05) is 41.5 Å². The monoisotopic (exact) mass is 737 g/mol. The molecule has 14 N–H and O–H groups in total. The minimum Gasteiger partial charge on any atom is -0.480 e. The molecule has 0 aliphatic heterocycles. The zero-order chi connectivity index (χ0) is 39.5. The van der Waals surface area contributed by atoms with Crippen molar-refractivity contribution >= 4 is 41.5 Å². The van der Waals surface area contributed by atoms with Crippen LogP contribution in [0.4, 0.5) is 0 Å². The van der Waals surface area contributed by atoms with E-state index in [1.54, 1.807) is 0 Å². The lowest BCUT2D eigenvalue weighted by Gasteiger charge is -2.28. The lowest BCUT2D eigenvalue weighted by atomic mass is 9.99. The van der Waals surface area contributed by atoms with E-state index in [9.17, 15) is 39.0 Å². The summed E-state index contributed by atoms with van der Waals surface area (Å²) in [5.41, 5.74) is 17.4. The Labute approximate surface area is 304 Å². The summed E-state index contributed by atoms with van der Waals surface area (Å²) in [7, 11) is 0. The molecule has 1 heterocycles. The number of aliphatic hydroxyl groups excluding tert-OH is 1. The number of hydrogen-bond donors (Lipinski definition) is 11. The van der Waals surface area contributed by atoms with Gasteiger partial charge in [0.15, 0.2) is 5.96 Å². The van der Waals surface area contributed by atoms with Crippen molar-refractivity contribution in [1.29, 1.82) is 0 Å². The Hall–Kier alpha value is -4.78. The van der Waals surface area contributed by atoms with Gasteiger partial charge in [0, 0.05) is 24.9 Å². The number of aliphatic imine (C=N–C) groups is 1. The molecule has 294 valence electrons. The summed E-state index contributed by atoms with van der Waals surface area (Å²) in [5, 5.41) is 31.7. The number of carboxylic acids is 1. The fourth-order valence-electron chi connectivity index (χ4n) is 5.17. The second-order valence-corrected chi connectivity index (χ2v) is 14.1. The van der Waals surface area contributed by atoms with Crippen molar-refractivity contribution in [3.63, 3.8) is 0 Å². The molecule has 1 rings (SSSR count). The third-order valence-electron chi connectivity index (χ3n) is 7.73. The molecule has 1 aromatic heterocycles. The standard InChI is InChI=1S/C33H59N11O8/c1-17(2)10-21(34)27(46)41-23(11-18(3)4)29(48)40-22(8-7-9-38-33(35)36)28(47)42-24(12-19(5)6)30(49)43-25(13-20-14-37-16-39-20)31(50)44-26(15-45)32(51)52/h14,16-19,21-26,45H,7-13,15,34H2,1-6H3,(H,37,39)(H,40,48)(H,41,46)(H,42,47)(H,43,49)(H,44,50)(H,51,52)(H4,35,36,38)/t21-,22-,23-,24-,25-,26-/m0/s1. The number of guanidine groups is 1. The lowest BCUT2D eigenvalue weighted by molar-refractivity contribution is -0.143. The average Bonchev–Trinajstić information content (AvgIpc) is 3.55. The molecule has 5 amide bonds. The predicted octanol–water partition coefficient (Wildman–Crippen LogP) is -2.03. The van der Waals surface area contributed by atoms with Gasteiger partial charge in [-0.2, -0.15) is 0 Å². The number of nitrogens with two attached hydrogens (primary N) is 3. The molecular formula is C33H59N11O8. The van der Waals surface area contributed by atoms with Gasteiger partial charge in [-0.3, -0.25) is 29.0 Å². The van der Waals surface area contributed by atoms with Crippen molar-refractivity contribution in [2.45, 2.75) is 116 Å². The number of imidazole rings is 1. The van der Waals surface area contributed by atoms with E-state index in [1.807, 2.05) is 41.5 Å². The van der Waals surface area contributed by atoms with Crippen LogP contribution in [0.3, 0.4) is 0 Å². The number of aromatic nitrogens is 2. The van der Waals surface area contributed by atoms with Crippen LogP contribution in [-0.2, 0) is 35.2 Å². The smallest absolute Gasteiger partial charge is 0.328 e. The van der Waals surface area contributed by atoms with E-state index < -0.39 is 78.4 Å². The first-order valence-corrected chi connectivity index (χ1v) is 17.5. The number of carbonyl (C=O) groups is 6. The Kier molecular flexibility index (Phi) is 19.9. The normalized spacial score (nSPS) is 14.8. The van der Waals surface area contributed by atoms with E-state index in [2.05, 4.69) is 41.5 Å². The van der Waals surface area contributed by atoms with Gasteiger partial charge in [0.2, 0.25) is 29.5 Å². The number of carbonyl (C=O) groups excluding carboxylic acids is 5. The van der Waals surface area contributed by atoms with Gasteiger partial charge in [0.25, 0.3) is 0 Å². The van der Waals surface area contributed by atoms with Crippen LogP contribution in [-0.4, -0.2) is 111 Å². The summed E-state index contributed by atoms with van der Waals surface area (Å²) in [6, 6.07) is -7.19. The van der Waals surface area contributed by atoms with E-state index in [0.717, 1.165) is 0 Å². The number of aliphatic carboxylic acids is 1. The number of nitrogens with zero attached hydrogens (tertiary/aromatic N) is 2. The second kappa shape index (κ2) is 22.9. The molecule has 0 aliphatic carbocycles. The third kappa shape index (κ3) is 17.4. The first-order chi connectivity index (χ1) is 24.3. The predicted molar refractivity (Wildman–Crippen MR) is 193 cm³/mol. The first-order valence-electron chi connectivity index (χ1n) is 17.5. The summed E-state index contributed by atoms with van der Waals surface area (Å²) in [5.74, 6) is -5.12. The topological polar surface area (TPSA) is 322 Å². The lowest BCUT2D eigenvalue weighted by Crippen LogP contribution is -2.60. The maximum absolute atomic E-state index is 13.9. The average molecular weight is 738 g/mol. The molecule has 0 saturated carbocycles. The molecule has 0 aromatic carbocycles. The van der Waals surface area contributed by atoms with Crippen LogP contribution in [0.2, 0.25) is 0 Å². The molecule has 19 heteroatoms. The van der Waals surface area contributed by atoms with Gasteiger partial charge in [0.05, 0.1) is 19.0 Å². The van der Waals surface area contributed by atoms with E-state index in [-0.39, 0.29) is 62.4 Å². The van der Waals surface area contributed by atoms with Crippen molar-refractivity contribution in [2.75, 3.05) is 13.2 Å². The van der Waals surface area contributed by atoms with Gasteiger partial charge >= 0.3 is 5.97 Å². The van der Waals surface area contributed by atoms with Crippen LogP contribution in [0, 0.1) is 17.8 Å². The fraction of sp³-hybridized carbons (Fsp3) is 0.697. The Morgan fingerprint density at radius 1 is 0.731 bits per heavy atom. The van der Waals surface area contributed by atoms with Crippen molar-refractivity contribution in [2.24, 2.45) is 39.9 Å². The zero-order valence-electron chi connectivity index (χ0n) is 31.0. The van der Waals surface area contributed by atoms with E-state index in [4.69, 9.17) is 17.2 Å². The summed E-state index contributed by atoms with van der Waals surface area (Å²) in [4.78, 5) is 89.4. The molecule has 0 spiro atoms. The molecule has 0 radical (unpaired) electrons. The SMILES string of the molecule is CC(C)C[C@H](NC(=O)[C@H](CCCN=C(N)N)NC(=O)[C@H](CC(C)C)NC(=O)[C@@H](N)CC(C)C)C(=O)N[C@@H](Cc1cnc[nH]1)C(=O)N[C@@H](CO)C(=O)O. The van der Waals surface area contributed by atoms with Crippen LogP contribution in [0.15, 0.2) is 17.5 Å². The Bertz CT molecular complexity index is 1330. The highest BCUT2D eigenvalue weighted by molar-refractivity contribution is 5.96. The highest BCUT2D eigenvalue weighted by Gasteiger charge is 2.33. The highest BCUT2D eigenvalue weighted by Crippen LogP contribution is 2.11. The Morgan fingerprint density at radius 2 is 1.19 bits per heavy atom. The summed E-state index contributed by atoms with van der Waals surface area (Å²) in [6.07, 6.45) is 3.77. The Morgan fingerprint density at radius 3 is 1.65 bits per heavy atom. The fourth-order valence-corrected chi connectivity index (χ4v) is 5.17. The number of H-pyrrole nitrogens is 1. The largest absolute Gasteiger partial charge is 0.480 e. The molecule has 0 saturated heterocycles. The first kappa shape index (κ1) is 45.2. The second-order valence-electron chi connectivity index (χ2n) is 14.1. The van der Waals surface area contributed by atoms with Crippen molar-refractivity contribution in [3.8, 4) is 0 Å². The molecular weight excluding hydrogens is 678 g/mol. The number of nitrogens with one attached hydrogen (secondary N) is 6. The number of aromatic amines is 1. The third-order valence-corrected chi connectivity index (χ3v) is 7.73. The number of aliphatic hydroxyl groups is 1. The van der Waals surface area contributed by atoms with E-state index in [0.29, 0.717) is 12.1 Å². The maximum atomic E-state index is 13.9. The van der Waals surface area contributed by atoms with Gasteiger partial charge in [0.1, 0.15) is 30.2 Å². The highest BCUT2D eigenvalue weighted by atomic mass is 16.4. The molecule has 0 fully saturated rings. The molecule has 6 atom stereocenters. The van der Waals surface area contributed by atoms with Crippen LogP contribution < -0.4 is 43.8 Å². The summed E-state index contributed by atoms with van der Waals surface area (Å²) in [6.45, 7) is 10.5. The van der Waals surface area contributed by atoms with Crippen LogP contribution in [0.1, 0.15) is 79.3 Å². The number of hydrogen-bond acceptors (Lipinski definition) is 10. The molecule has 52 heavy (non-hydrogen) atoms. The van der Waals surface area contributed by atoms with Crippen LogP contribution in [0.5, 0.6) is 0 Å². The molecule has 1 aromatic rings. The molecule has 0 aliphatic rings. The van der Waals surface area contributed by atoms with Crippen LogP contribution >= 0.6 is 0 Å². The van der Waals surface area contributed by atoms with Gasteiger partial charge in [-0.15, -0.1) is 0 Å². The number of amides is 5. The minimum absolute atomic E-state index is 0.0132. The van der Waals surface area contributed by atoms with Gasteiger partial charge < -0.3 is 59.0 Å². The maximum Gasteiger partial charge on any atom is 0.328 e. The quantitative estimate of drug-likeness (QED) is 0.0311. The minimum atomic E-state index is -1.63.